The van der Waals surface area contributed by atoms with Gasteiger partial charge in [0, 0.05) is 0 Å². The molecule has 2 heteroatoms. The minimum Gasteiger partial charge on any atom is -0.0628 e. The fraction of sp³-hybridized carbons (Fsp3) is 0.226. The molecule has 0 saturated heterocycles. The van der Waals surface area contributed by atoms with Crippen molar-refractivity contribution in [3.05, 3.63) is 121 Å². The van der Waals surface area contributed by atoms with Gasteiger partial charge in [0.1, 0.15) is 17.6 Å². The van der Waals surface area contributed by atoms with Gasteiger partial charge in [-0.1, -0.05) is 142 Å². The van der Waals surface area contributed by atoms with Crippen molar-refractivity contribution in [2.75, 3.05) is 0 Å². The number of benzene rings is 4. The fourth-order valence-electron chi connectivity index (χ4n) is 6.64. The van der Waals surface area contributed by atoms with Crippen LogP contribution in [0.4, 0.5) is 0 Å². The number of hydrogen-bond donors (Lipinski definition) is 0. The predicted molar refractivity (Wildman–Crippen MR) is 144 cm³/mol. The number of fused-ring (bicyclic) bond motifs is 2. The summed E-state index contributed by atoms with van der Waals surface area (Å²) in [6.07, 6.45) is 4.28. The van der Waals surface area contributed by atoms with Gasteiger partial charge >= 0.3 is 0 Å². The second-order valence-electron chi connectivity index (χ2n) is 9.73. The molecule has 33 heavy (non-hydrogen) atoms. The van der Waals surface area contributed by atoms with Crippen LogP contribution in [0.3, 0.4) is 0 Å². The van der Waals surface area contributed by atoms with E-state index < -0.39 is 17.6 Å². The molecule has 4 aromatic rings. The molecular weight excluding hydrogens is 429 g/mol. The smallest absolute Gasteiger partial charge is 0.0628 e. The molecule has 2 aliphatic carbocycles. The Hall–Kier alpha value is -2.69. The second-order valence-corrected chi connectivity index (χ2v) is 15.2. The Balaban J connectivity index is 1.32. The third-order valence-corrected chi connectivity index (χ3v) is 14.7. The summed E-state index contributed by atoms with van der Waals surface area (Å²) >= 11 is 0. The lowest BCUT2D eigenvalue weighted by Crippen LogP contribution is -2.50. The maximum Gasteiger partial charge on any atom is 0.124 e. The van der Waals surface area contributed by atoms with Gasteiger partial charge in [-0.05, 0) is 42.2 Å². The van der Waals surface area contributed by atoms with Gasteiger partial charge in [0.25, 0.3) is 0 Å². The van der Waals surface area contributed by atoms with Crippen LogP contribution in [0.1, 0.15) is 19.3 Å². The van der Waals surface area contributed by atoms with Crippen LogP contribution < -0.4 is 20.7 Å². The number of rotatable bonds is 6. The van der Waals surface area contributed by atoms with Crippen LogP contribution in [0.2, 0.25) is 11.1 Å². The summed E-state index contributed by atoms with van der Waals surface area (Å²) < 4.78 is 0. The molecule has 0 unspecified atom stereocenters. The van der Waals surface area contributed by atoms with E-state index in [-0.39, 0.29) is 0 Å². The van der Waals surface area contributed by atoms with Crippen molar-refractivity contribution >= 4 is 38.3 Å². The molecule has 0 aliphatic heterocycles. The molecule has 2 radical (unpaired) electrons. The van der Waals surface area contributed by atoms with E-state index >= 15 is 0 Å². The molecule has 0 heterocycles. The average molecular weight is 459 g/mol. The Bertz CT molecular complexity index is 987. The van der Waals surface area contributed by atoms with E-state index in [1.54, 1.807) is 20.7 Å². The van der Waals surface area contributed by atoms with Crippen LogP contribution in [0.15, 0.2) is 121 Å². The quantitative estimate of drug-likeness (QED) is 0.365. The molecule has 2 aliphatic rings. The highest BCUT2D eigenvalue weighted by molar-refractivity contribution is 6.87. The van der Waals surface area contributed by atoms with Crippen LogP contribution in [0.25, 0.3) is 0 Å². The zero-order valence-electron chi connectivity index (χ0n) is 19.0. The fourth-order valence-corrected chi connectivity index (χ4v) is 13.8. The van der Waals surface area contributed by atoms with Crippen molar-refractivity contribution in [1.82, 2.24) is 0 Å². The molecule has 6 rings (SSSR count). The van der Waals surface area contributed by atoms with Crippen molar-refractivity contribution < 1.29 is 0 Å². The topological polar surface area (TPSA) is 0 Å². The molecule has 2 saturated carbocycles. The molecule has 2 bridgehead atoms. The Morgan fingerprint density at radius 3 is 0.879 bits per heavy atom. The monoisotopic (exact) mass is 458 g/mol. The molecule has 2 fully saturated rings. The molecule has 0 aromatic heterocycles. The molecule has 0 N–H and O–H groups in total. The molecule has 4 atom stereocenters. The Morgan fingerprint density at radius 1 is 0.364 bits per heavy atom. The first-order valence-electron chi connectivity index (χ1n) is 12.3. The molecular formula is C31H30Si2. The zero-order valence-corrected chi connectivity index (χ0v) is 21.0. The van der Waals surface area contributed by atoms with Gasteiger partial charge in [0.15, 0.2) is 0 Å². The third kappa shape index (κ3) is 4.07. The van der Waals surface area contributed by atoms with E-state index in [9.17, 15) is 0 Å². The highest BCUT2D eigenvalue weighted by atomic mass is 28.3. The predicted octanol–water partition coefficient (Wildman–Crippen LogP) is 4.78. The van der Waals surface area contributed by atoms with Gasteiger partial charge in [-0.2, -0.15) is 0 Å². The van der Waals surface area contributed by atoms with E-state index in [1.807, 2.05) is 0 Å². The van der Waals surface area contributed by atoms with E-state index in [1.165, 1.54) is 19.3 Å². The summed E-state index contributed by atoms with van der Waals surface area (Å²) in [5, 5.41) is 6.39. The van der Waals surface area contributed by atoms with Crippen LogP contribution in [-0.4, -0.2) is 17.6 Å². The van der Waals surface area contributed by atoms with Crippen LogP contribution in [0, 0.1) is 11.8 Å². The minimum atomic E-state index is -0.773. The van der Waals surface area contributed by atoms with Gasteiger partial charge in [-0.3, -0.25) is 0 Å². The summed E-state index contributed by atoms with van der Waals surface area (Å²) in [6.45, 7) is 0. The van der Waals surface area contributed by atoms with Gasteiger partial charge in [0.2, 0.25) is 0 Å². The SMILES string of the molecule is c1ccc([Si](c2ccccc2)[C@@H]2C[C@H]3C[C@@H]2C[C@H]3[Si](c2ccccc2)c2ccccc2)cc1. The Morgan fingerprint density at radius 2 is 0.636 bits per heavy atom. The van der Waals surface area contributed by atoms with E-state index in [2.05, 4.69) is 121 Å². The highest BCUT2D eigenvalue weighted by Gasteiger charge is 2.52. The van der Waals surface area contributed by atoms with Crippen molar-refractivity contribution in [2.45, 2.75) is 30.3 Å². The standard InChI is InChI=1S/C31H30Si2/c1-5-13-26(14-6-1)32(27-15-7-2-8-16-27)30-22-25-21-24(30)23-31(25)33(28-17-9-3-10-18-28)29-19-11-4-12-20-29/h1-20,24-25,30-31H,21-23H2/t24-,25-,30-,31-/m1/s1. The number of hydrogen-bond acceptors (Lipinski definition) is 0. The van der Waals surface area contributed by atoms with E-state index in [0.29, 0.717) is 0 Å². The lowest BCUT2D eigenvalue weighted by molar-refractivity contribution is 0.472. The second kappa shape index (κ2) is 9.28. The first-order chi connectivity index (χ1) is 16.4. The summed E-state index contributed by atoms with van der Waals surface area (Å²) in [7, 11) is -1.55. The van der Waals surface area contributed by atoms with Crippen LogP contribution >= 0.6 is 0 Å². The molecule has 0 spiro atoms. The van der Waals surface area contributed by atoms with Crippen LogP contribution in [0.5, 0.6) is 0 Å². The first kappa shape index (κ1) is 20.9. The average Bonchev–Trinajstić information content (AvgIpc) is 3.48. The molecule has 162 valence electrons. The van der Waals surface area contributed by atoms with E-state index in [4.69, 9.17) is 0 Å². The lowest BCUT2D eigenvalue weighted by Gasteiger charge is -2.36. The normalized spacial score (nSPS) is 23.9. The van der Waals surface area contributed by atoms with Crippen LogP contribution in [-0.2, 0) is 0 Å². The Kier molecular flexibility index (Phi) is 5.88. The molecule has 0 amide bonds. The highest BCUT2D eigenvalue weighted by Crippen LogP contribution is 2.58. The van der Waals surface area contributed by atoms with Crippen molar-refractivity contribution in [1.29, 1.82) is 0 Å². The van der Waals surface area contributed by atoms with Gasteiger partial charge < -0.3 is 0 Å². The van der Waals surface area contributed by atoms with Crippen molar-refractivity contribution in [3.63, 3.8) is 0 Å². The molecule has 4 aromatic carbocycles. The van der Waals surface area contributed by atoms with Gasteiger partial charge in [-0.25, -0.2) is 0 Å². The van der Waals surface area contributed by atoms with Crippen molar-refractivity contribution in [2.24, 2.45) is 11.8 Å². The lowest BCUT2D eigenvalue weighted by atomic mass is 9.99. The Labute approximate surface area is 201 Å². The summed E-state index contributed by atoms with van der Waals surface area (Å²) in [5.74, 6) is 1.75. The molecule has 0 nitrogen and oxygen atoms in total. The largest absolute Gasteiger partial charge is 0.124 e. The van der Waals surface area contributed by atoms with E-state index in [0.717, 1.165) is 22.9 Å². The van der Waals surface area contributed by atoms with Gasteiger partial charge in [-0.15, -0.1) is 0 Å². The van der Waals surface area contributed by atoms with Gasteiger partial charge in [0.05, 0.1) is 0 Å². The maximum absolute atomic E-state index is 2.40. The summed E-state index contributed by atoms with van der Waals surface area (Å²) in [5.41, 5.74) is 1.71. The minimum absolute atomic E-state index is 0.773. The summed E-state index contributed by atoms with van der Waals surface area (Å²) in [6, 6.07) is 45.8. The zero-order chi connectivity index (χ0) is 22.0. The van der Waals surface area contributed by atoms with Crippen molar-refractivity contribution in [3.8, 4) is 0 Å². The first-order valence-corrected chi connectivity index (χ1v) is 15.5. The third-order valence-electron chi connectivity index (χ3n) is 7.94. The summed E-state index contributed by atoms with van der Waals surface area (Å²) in [4.78, 5) is 0. The maximum atomic E-state index is 2.40.